The first-order valence-corrected chi connectivity index (χ1v) is 16.5. The number of hydrogen-bond donors (Lipinski definition) is 13. The molecule has 20 nitrogen and oxygen atoms in total. The minimum atomic E-state index is -1.89. The van der Waals surface area contributed by atoms with Crippen LogP contribution in [0.15, 0.2) is 42.2 Å². The minimum Gasteiger partial charge on any atom is -0.508 e. The van der Waals surface area contributed by atoms with Gasteiger partial charge in [0.2, 0.25) is 6.29 Å². The van der Waals surface area contributed by atoms with Crippen LogP contribution in [0.3, 0.4) is 0 Å². The van der Waals surface area contributed by atoms with E-state index in [1.807, 2.05) is 0 Å². The van der Waals surface area contributed by atoms with Crippen LogP contribution >= 0.6 is 0 Å². The van der Waals surface area contributed by atoms with Gasteiger partial charge in [-0.05, 0) is 18.2 Å². The molecule has 13 N–H and O–H groups in total. The Morgan fingerprint density at radius 1 is 0.547 bits per heavy atom. The molecule has 3 saturated heterocycles. The highest BCUT2D eigenvalue weighted by atomic mass is 16.7. The quantitative estimate of drug-likeness (QED) is 0.109. The summed E-state index contributed by atoms with van der Waals surface area (Å²) < 4.78 is 39.6. The Balaban J connectivity index is 1.14. The first-order chi connectivity index (χ1) is 25.2. The van der Waals surface area contributed by atoms with E-state index in [2.05, 4.69) is 0 Å². The van der Waals surface area contributed by atoms with Crippen molar-refractivity contribution in [2.75, 3.05) is 19.8 Å². The highest BCUT2D eigenvalue weighted by Crippen LogP contribution is 2.44. The van der Waals surface area contributed by atoms with E-state index in [-0.39, 0.29) is 34.3 Å². The molecule has 1 unspecified atom stereocenters. The number of phenols is 3. The van der Waals surface area contributed by atoms with E-state index in [1.165, 1.54) is 36.4 Å². The molecule has 20 heteroatoms. The maximum absolute atomic E-state index is 10.8. The van der Waals surface area contributed by atoms with Crippen molar-refractivity contribution < 1.29 is 99.5 Å². The van der Waals surface area contributed by atoms with Gasteiger partial charge in [-0.3, -0.25) is 0 Å². The van der Waals surface area contributed by atoms with Crippen molar-refractivity contribution in [1.29, 1.82) is 0 Å². The molecule has 0 aromatic heterocycles. The average molecular weight is 759 g/mol. The lowest BCUT2D eigenvalue weighted by atomic mass is 9.98. The normalized spacial score (nSPS) is 40.2. The van der Waals surface area contributed by atoms with Crippen molar-refractivity contribution in [1.82, 2.24) is 0 Å². The van der Waals surface area contributed by atoms with E-state index < -0.39 is 118 Å². The molecule has 0 amide bonds. The molecule has 6 rings (SSSR count). The van der Waals surface area contributed by atoms with E-state index in [0.717, 1.165) is 6.07 Å². The third-order valence-corrected chi connectivity index (χ3v) is 9.38. The summed E-state index contributed by atoms with van der Waals surface area (Å²) in [7, 11) is 0. The van der Waals surface area contributed by atoms with Crippen LogP contribution in [-0.2, 0) is 28.4 Å². The van der Waals surface area contributed by atoms with Gasteiger partial charge in [0.25, 0.3) is 0 Å². The van der Waals surface area contributed by atoms with Gasteiger partial charge >= 0.3 is 0 Å². The standard InChI is InChI=1S/C33H42O20/c34-8-18-21(38)24(41)27(44)31(51-18)47-9-19-22(39)25(42)28(45)32(52-19)48-10-20-23(40)26(43)29(46)33(53-20)50-17-7-14-15(37)5-13(36)6-16(14)49-30(17)11-1-3-12(35)4-2-11/h1-7,18-46H,8-10H2/t18-,19-,20-,21-,22-,23-,24+,25+,26+,27-,28-,29-,30?,31-,32-,33-/m0/s1. The van der Waals surface area contributed by atoms with Crippen molar-refractivity contribution in [3.63, 3.8) is 0 Å². The molecule has 16 atom stereocenters. The summed E-state index contributed by atoms with van der Waals surface area (Å²) in [6, 6.07) is 8.05. The molecule has 3 fully saturated rings. The molecule has 0 aliphatic carbocycles. The zero-order chi connectivity index (χ0) is 38.3. The highest BCUT2D eigenvalue weighted by Gasteiger charge is 2.50. The number of benzene rings is 2. The predicted octanol–water partition coefficient (Wildman–Crippen LogP) is -4.26. The van der Waals surface area contributed by atoms with E-state index in [1.54, 1.807) is 0 Å². The van der Waals surface area contributed by atoms with Crippen molar-refractivity contribution >= 4 is 6.08 Å². The van der Waals surface area contributed by atoms with Gasteiger partial charge < -0.3 is 99.5 Å². The molecule has 0 saturated carbocycles. The summed E-state index contributed by atoms with van der Waals surface area (Å²) in [6.07, 6.45) is -25.3. The lowest BCUT2D eigenvalue weighted by Gasteiger charge is -2.44. The van der Waals surface area contributed by atoms with E-state index in [9.17, 15) is 66.4 Å². The summed E-state index contributed by atoms with van der Waals surface area (Å²) in [4.78, 5) is 0. The van der Waals surface area contributed by atoms with Crippen LogP contribution in [0.25, 0.3) is 6.08 Å². The van der Waals surface area contributed by atoms with Crippen LogP contribution in [0, 0.1) is 0 Å². The second kappa shape index (κ2) is 16.1. The molecule has 53 heavy (non-hydrogen) atoms. The third-order valence-electron chi connectivity index (χ3n) is 9.38. The van der Waals surface area contributed by atoms with Crippen molar-refractivity contribution in [2.24, 2.45) is 0 Å². The Hall–Kier alpha value is -3.42. The molecular formula is C33H42O20. The SMILES string of the molecule is OC[C@@H]1O[C@H](OC[C@@H]2O[C@H](OC[C@@H]3O[C@H](OC4=Cc5c(O)cc(O)cc5OC4c4ccc(O)cc4)[C@@H](O)[C@H](O)[C@H]3O)[C@@H](O)[C@H](O)[C@H]2O)[C@@H](O)[C@H](O)[C@H]1O. The first-order valence-electron chi connectivity index (χ1n) is 16.5. The fourth-order valence-electron chi connectivity index (χ4n) is 6.28. The molecule has 0 bridgehead atoms. The number of aromatic hydroxyl groups is 3. The lowest BCUT2D eigenvalue weighted by Crippen LogP contribution is -2.62. The second-order valence-electron chi connectivity index (χ2n) is 13.0. The van der Waals surface area contributed by atoms with Gasteiger partial charge in [0.15, 0.2) is 18.7 Å². The number of phenolic OH excluding ortho intramolecular Hbond substituents is 3. The zero-order valence-corrected chi connectivity index (χ0v) is 27.6. The number of rotatable bonds is 10. The topological polar surface area (TPSA) is 328 Å². The predicted molar refractivity (Wildman–Crippen MR) is 169 cm³/mol. The van der Waals surface area contributed by atoms with Crippen LogP contribution in [0.1, 0.15) is 17.2 Å². The van der Waals surface area contributed by atoms with Gasteiger partial charge in [0.05, 0.1) is 25.4 Å². The third kappa shape index (κ3) is 8.03. The smallest absolute Gasteiger partial charge is 0.228 e. The largest absolute Gasteiger partial charge is 0.508 e. The molecular weight excluding hydrogens is 716 g/mol. The Bertz CT molecular complexity index is 1570. The van der Waals surface area contributed by atoms with Gasteiger partial charge in [-0.25, -0.2) is 0 Å². The van der Waals surface area contributed by atoms with Crippen molar-refractivity contribution in [3.05, 3.63) is 53.3 Å². The maximum Gasteiger partial charge on any atom is 0.228 e. The Morgan fingerprint density at radius 2 is 1.04 bits per heavy atom. The summed E-state index contributed by atoms with van der Waals surface area (Å²) in [5, 5.41) is 134. The Kier molecular flexibility index (Phi) is 12.0. The van der Waals surface area contributed by atoms with Crippen molar-refractivity contribution in [3.8, 4) is 23.0 Å². The molecule has 4 aliphatic rings. The van der Waals surface area contributed by atoms with Gasteiger partial charge in [-0.1, -0.05) is 12.1 Å². The molecule has 2 aromatic rings. The molecule has 2 aromatic carbocycles. The van der Waals surface area contributed by atoms with Crippen molar-refractivity contribution in [2.45, 2.75) is 98.2 Å². The van der Waals surface area contributed by atoms with Crippen LogP contribution in [0.5, 0.6) is 23.0 Å². The zero-order valence-electron chi connectivity index (χ0n) is 27.6. The van der Waals surface area contributed by atoms with Crippen LogP contribution < -0.4 is 4.74 Å². The highest BCUT2D eigenvalue weighted by molar-refractivity contribution is 5.69. The monoisotopic (exact) mass is 758 g/mol. The summed E-state index contributed by atoms with van der Waals surface area (Å²) in [5.74, 6) is -0.736. The van der Waals surface area contributed by atoms with E-state index >= 15 is 0 Å². The summed E-state index contributed by atoms with van der Waals surface area (Å²) in [5.41, 5.74) is 0.510. The van der Waals surface area contributed by atoms with E-state index in [4.69, 9.17) is 33.2 Å². The number of aliphatic hydroxyl groups is 10. The number of aliphatic hydroxyl groups excluding tert-OH is 10. The van der Waals surface area contributed by atoms with Gasteiger partial charge in [-0.2, -0.15) is 0 Å². The van der Waals surface area contributed by atoms with Crippen LogP contribution in [-0.4, -0.2) is 178 Å². The lowest BCUT2D eigenvalue weighted by molar-refractivity contribution is -0.341. The Morgan fingerprint density at radius 3 is 1.58 bits per heavy atom. The molecule has 4 heterocycles. The fourth-order valence-corrected chi connectivity index (χ4v) is 6.28. The molecule has 294 valence electrons. The molecule has 0 spiro atoms. The van der Waals surface area contributed by atoms with Crippen LogP contribution in [0.2, 0.25) is 0 Å². The second-order valence-corrected chi connectivity index (χ2v) is 13.0. The van der Waals surface area contributed by atoms with Gasteiger partial charge in [0, 0.05) is 17.7 Å². The minimum absolute atomic E-state index is 0.0561. The van der Waals surface area contributed by atoms with E-state index in [0.29, 0.717) is 5.56 Å². The van der Waals surface area contributed by atoms with Gasteiger partial charge in [-0.15, -0.1) is 0 Å². The average Bonchev–Trinajstić information content (AvgIpc) is 3.13. The summed E-state index contributed by atoms with van der Waals surface area (Å²) in [6.45, 7) is -2.03. The molecule has 4 aliphatic heterocycles. The van der Waals surface area contributed by atoms with Crippen LogP contribution in [0.4, 0.5) is 0 Å². The molecule has 0 radical (unpaired) electrons. The fraction of sp³-hybridized carbons (Fsp3) is 0.576. The maximum atomic E-state index is 10.8. The van der Waals surface area contributed by atoms with Gasteiger partial charge in [0.1, 0.15) is 102 Å². The number of ether oxygens (including phenoxy) is 7. The first kappa shape index (κ1) is 39.3. The number of fused-ring (bicyclic) bond motifs is 1. The Labute approximate surface area is 300 Å². The summed E-state index contributed by atoms with van der Waals surface area (Å²) >= 11 is 0. The number of hydrogen-bond acceptors (Lipinski definition) is 20.